The summed E-state index contributed by atoms with van der Waals surface area (Å²) in [4.78, 5) is 1.22. The van der Waals surface area contributed by atoms with Gasteiger partial charge in [-0.3, -0.25) is 4.68 Å². The molecule has 2 heterocycles. The van der Waals surface area contributed by atoms with E-state index in [-0.39, 0.29) is 6.61 Å². The van der Waals surface area contributed by atoms with Crippen LogP contribution in [-0.2, 0) is 19.5 Å². The molecule has 1 atom stereocenters. The van der Waals surface area contributed by atoms with Crippen LogP contribution < -0.4 is 5.32 Å². The molecule has 0 radical (unpaired) electrons. The smallest absolute Gasteiger partial charge is 0.107 e. The highest BCUT2D eigenvalue weighted by Crippen LogP contribution is 2.33. The van der Waals surface area contributed by atoms with E-state index in [4.69, 9.17) is 16.7 Å². The molecule has 0 aromatic carbocycles. The Kier molecular flexibility index (Phi) is 5.01. The van der Waals surface area contributed by atoms with Crippen LogP contribution in [0.5, 0.6) is 0 Å². The molecule has 0 saturated heterocycles. The molecule has 21 heavy (non-hydrogen) atoms. The maximum atomic E-state index is 9.09. The number of aromatic nitrogens is 2. The van der Waals surface area contributed by atoms with Crippen molar-refractivity contribution in [2.45, 2.75) is 38.4 Å². The Balaban J connectivity index is 1.70. The number of fused-ring (bicyclic) bond motifs is 1. The number of halogens is 2. The zero-order valence-electron chi connectivity index (χ0n) is 11.5. The molecule has 3 rings (SSSR count). The lowest BCUT2D eigenvalue weighted by atomic mass is 9.93. The van der Waals surface area contributed by atoms with Crippen molar-refractivity contribution in [2.75, 3.05) is 6.61 Å². The van der Waals surface area contributed by atoms with Gasteiger partial charge in [0.1, 0.15) is 4.34 Å². The Bertz CT molecular complexity index is 608. The lowest BCUT2D eigenvalue weighted by molar-refractivity contribution is 0.266. The SMILES string of the molecule is OCCn1ncc2c1CCCC2NCc1cc(Br)c(Cl)s1. The van der Waals surface area contributed by atoms with E-state index in [0.29, 0.717) is 12.6 Å². The van der Waals surface area contributed by atoms with E-state index < -0.39 is 0 Å². The lowest BCUT2D eigenvalue weighted by Crippen LogP contribution is -2.25. The maximum Gasteiger partial charge on any atom is 0.107 e. The Labute approximate surface area is 141 Å². The number of nitrogens with zero attached hydrogens (tertiary/aromatic N) is 2. The first kappa shape index (κ1) is 15.5. The maximum absolute atomic E-state index is 9.09. The molecule has 0 spiro atoms. The number of rotatable bonds is 5. The normalized spacial score (nSPS) is 18.0. The highest BCUT2D eigenvalue weighted by Gasteiger charge is 2.23. The van der Waals surface area contributed by atoms with Gasteiger partial charge >= 0.3 is 0 Å². The first-order valence-electron chi connectivity index (χ1n) is 7.01. The van der Waals surface area contributed by atoms with Crippen molar-refractivity contribution in [1.29, 1.82) is 0 Å². The molecule has 2 aromatic heterocycles. The molecule has 4 nitrogen and oxygen atoms in total. The van der Waals surface area contributed by atoms with Crippen LogP contribution in [0.1, 0.15) is 35.0 Å². The van der Waals surface area contributed by atoms with Crippen molar-refractivity contribution in [3.63, 3.8) is 0 Å². The second-order valence-corrected chi connectivity index (χ2v) is 7.75. The van der Waals surface area contributed by atoms with Crippen LogP contribution in [0.15, 0.2) is 16.7 Å². The fourth-order valence-electron chi connectivity index (χ4n) is 2.82. The summed E-state index contributed by atoms with van der Waals surface area (Å²) < 4.78 is 3.69. The zero-order valence-corrected chi connectivity index (χ0v) is 14.6. The molecule has 0 aliphatic heterocycles. The summed E-state index contributed by atoms with van der Waals surface area (Å²) in [6.07, 6.45) is 5.26. The molecule has 1 aliphatic rings. The van der Waals surface area contributed by atoms with Gasteiger partial charge in [-0.25, -0.2) is 0 Å². The van der Waals surface area contributed by atoms with Crippen LogP contribution in [0.4, 0.5) is 0 Å². The van der Waals surface area contributed by atoms with E-state index in [9.17, 15) is 0 Å². The summed E-state index contributed by atoms with van der Waals surface area (Å²) in [7, 11) is 0. The van der Waals surface area contributed by atoms with Gasteiger partial charge in [-0.2, -0.15) is 5.10 Å². The van der Waals surface area contributed by atoms with Crippen LogP contribution in [-0.4, -0.2) is 21.5 Å². The molecule has 0 saturated carbocycles. The summed E-state index contributed by atoms with van der Waals surface area (Å²) >= 11 is 11.1. The van der Waals surface area contributed by atoms with Crippen LogP contribution in [0.3, 0.4) is 0 Å². The van der Waals surface area contributed by atoms with Crippen molar-refractivity contribution in [3.8, 4) is 0 Å². The van der Waals surface area contributed by atoms with Gasteiger partial charge in [0.2, 0.25) is 0 Å². The van der Waals surface area contributed by atoms with Crippen molar-refractivity contribution < 1.29 is 5.11 Å². The molecule has 2 aromatic rings. The standard InChI is InChI=1S/C14H17BrClN3OS/c15-11-6-9(21-14(11)16)7-17-12-2-1-3-13-10(12)8-18-19(13)4-5-20/h6,8,12,17,20H,1-5,7H2. The van der Waals surface area contributed by atoms with Crippen molar-refractivity contribution in [2.24, 2.45) is 0 Å². The van der Waals surface area contributed by atoms with Gasteiger partial charge in [0.05, 0.1) is 19.3 Å². The minimum Gasteiger partial charge on any atom is -0.394 e. The zero-order chi connectivity index (χ0) is 14.8. The van der Waals surface area contributed by atoms with E-state index in [1.807, 2.05) is 10.9 Å². The molecule has 1 unspecified atom stereocenters. The minimum atomic E-state index is 0.133. The van der Waals surface area contributed by atoms with Gasteiger partial charge in [-0.1, -0.05) is 11.6 Å². The third kappa shape index (κ3) is 3.35. The third-order valence-electron chi connectivity index (χ3n) is 3.79. The first-order chi connectivity index (χ1) is 10.2. The predicted octanol–water partition coefficient (Wildman–Crippen LogP) is 3.52. The summed E-state index contributed by atoms with van der Waals surface area (Å²) in [5, 5.41) is 17.1. The Hall–Kier alpha value is -0.400. The minimum absolute atomic E-state index is 0.133. The number of thiophene rings is 1. The van der Waals surface area contributed by atoms with Crippen LogP contribution in [0.2, 0.25) is 4.34 Å². The third-order valence-corrected chi connectivity index (χ3v) is 6.27. The fraction of sp³-hybridized carbons (Fsp3) is 0.500. The van der Waals surface area contributed by atoms with Gasteiger partial charge < -0.3 is 10.4 Å². The highest BCUT2D eigenvalue weighted by atomic mass is 79.9. The number of aliphatic hydroxyl groups is 1. The van der Waals surface area contributed by atoms with Gasteiger partial charge in [0, 0.05) is 33.2 Å². The Morgan fingerprint density at radius 1 is 1.57 bits per heavy atom. The average Bonchev–Trinajstić information content (AvgIpc) is 3.02. The summed E-state index contributed by atoms with van der Waals surface area (Å²) in [5.41, 5.74) is 2.54. The number of hydrogen-bond donors (Lipinski definition) is 2. The molecular weight excluding hydrogens is 374 g/mol. The first-order valence-corrected chi connectivity index (χ1v) is 9.00. The lowest BCUT2D eigenvalue weighted by Gasteiger charge is -2.24. The number of nitrogens with one attached hydrogen (secondary N) is 1. The van der Waals surface area contributed by atoms with Gasteiger partial charge in [0.15, 0.2) is 0 Å². The van der Waals surface area contributed by atoms with E-state index in [1.165, 1.54) is 16.1 Å². The fourth-order valence-corrected chi connectivity index (χ4v) is 4.56. The molecule has 114 valence electrons. The average molecular weight is 391 g/mol. The summed E-state index contributed by atoms with van der Waals surface area (Å²) in [6.45, 7) is 1.52. The monoisotopic (exact) mass is 389 g/mol. The Morgan fingerprint density at radius 3 is 3.14 bits per heavy atom. The molecule has 0 bridgehead atoms. The van der Waals surface area contributed by atoms with Gasteiger partial charge in [0.25, 0.3) is 0 Å². The van der Waals surface area contributed by atoms with Crippen molar-refractivity contribution in [3.05, 3.63) is 37.2 Å². The van der Waals surface area contributed by atoms with Crippen LogP contribution in [0, 0.1) is 0 Å². The quantitative estimate of drug-likeness (QED) is 0.821. The van der Waals surface area contributed by atoms with E-state index in [1.54, 1.807) is 11.3 Å². The molecule has 0 fully saturated rings. The Morgan fingerprint density at radius 2 is 2.43 bits per heavy atom. The molecule has 1 aliphatic carbocycles. The second kappa shape index (κ2) is 6.79. The molecule has 7 heteroatoms. The number of aliphatic hydroxyl groups excluding tert-OH is 1. The van der Waals surface area contributed by atoms with Crippen LogP contribution in [0.25, 0.3) is 0 Å². The predicted molar refractivity (Wildman–Crippen MR) is 88.9 cm³/mol. The summed E-state index contributed by atoms with van der Waals surface area (Å²) in [6, 6.07) is 2.40. The topological polar surface area (TPSA) is 50.1 Å². The van der Waals surface area contributed by atoms with Crippen LogP contribution >= 0.6 is 38.9 Å². The van der Waals surface area contributed by atoms with Gasteiger partial charge in [-0.15, -0.1) is 11.3 Å². The van der Waals surface area contributed by atoms with E-state index in [0.717, 1.165) is 34.6 Å². The largest absolute Gasteiger partial charge is 0.394 e. The van der Waals surface area contributed by atoms with E-state index >= 15 is 0 Å². The molecule has 0 amide bonds. The molecular formula is C14H17BrClN3OS. The second-order valence-electron chi connectivity index (χ2n) is 5.15. The highest BCUT2D eigenvalue weighted by molar-refractivity contribution is 9.10. The van der Waals surface area contributed by atoms with E-state index in [2.05, 4.69) is 32.4 Å². The van der Waals surface area contributed by atoms with Crippen molar-refractivity contribution in [1.82, 2.24) is 15.1 Å². The number of hydrogen-bond acceptors (Lipinski definition) is 4. The van der Waals surface area contributed by atoms with Crippen molar-refractivity contribution >= 4 is 38.9 Å². The summed E-state index contributed by atoms with van der Waals surface area (Å²) in [5.74, 6) is 0. The van der Waals surface area contributed by atoms with Gasteiger partial charge in [-0.05, 0) is 41.3 Å². The molecule has 2 N–H and O–H groups in total.